The lowest BCUT2D eigenvalue weighted by Gasteiger charge is -2.28. The summed E-state index contributed by atoms with van der Waals surface area (Å²) in [4.78, 5) is 55.8. The summed E-state index contributed by atoms with van der Waals surface area (Å²) in [7, 11) is -6.84. The molecule has 426 valence electrons. The SMILES string of the molecule is CS(=O)(=O)NC(=O)c1ccc2c(C3CCCCC3)c3n(c2c1)CC(C(=O)N1CCOCC1)=Cc1ccccc1-3.NS(=O)(=O)C1CC1.O=C(O)c1ccc2c(C3CCCCC3)c3n(c2c1)CC(C(=O)N1CCOCC1)=Cc1ccccc1-3. The van der Waals surface area contributed by atoms with Crippen LogP contribution in [0.2, 0.25) is 0 Å². The first-order valence-electron chi connectivity index (χ1n) is 28.5. The molecule has 3 aliphatic carbocycles. The number of rotatable bonds is 8. The number of morpholine rings is 2. The van der Waals surface area contributed by atoms with Crippen LogP contribution in [0.3, 0.4) is 0 Å². The van der Waals surface area contributed by atoms with Gasteiger partial charge in [-0.05, 0) is 109 Å². The van der Waals surface area contributed by atoms with Crippen molar-refractivity contribution in [3.63, 3.8) is 0 Å². The van der Waals surface area contributed by atoms with E-state index in [9.17, 15) is 41.1 Å². The van der Waals surface area contributed by atoms with Gasteiger partial charge in [0.15, 0.2) is 0 Å². The van der Waals surface area contributed by atoms with E-state index in [-0.39, 0.29) is 28.2 Å². The van der Waals surface area contributed by atoms with Crippen LogP contribution in [0.1, 0.15) is 132 Å². The highest BCUT2D eigenvalue weighted by Crippen LogP contribution is 2.49. The zero-order valence-electron chi connectivity index (χ0n) is 45.7. The number of carbonyl (C=O) groups is 4. The molecule has 0 spiro atoms. The normalized spacial score (nSPS) is 18.7. The number of carboxylic acid groups (broad SMARTS) is 1. The first-order chi connectivity index (χ1) is 39.0. The molecule has 0 unspecified atom stereocenters. The Morgan fingerprint density at radius 2 is 0.988 bits per heavy atom. The molecular formula is C62H70N6O11S2. The molecule has 3 saturated carbocycles. The van der Waals surface area contributed by atoms with Crippen molar-refractivity contribution in [3.05, 3.63) is 129 Å². The van der Waals surface area contributed by atoms with Gasteiger partial charge in [-0.2, -0.15) is 0 Å². The summed E-state index contributed by atoms with van der Waals surface area (Å²) in [6.45, 7) is 5.24. The summed E-state index contributed by atoms with van der Waals surface area (Å²) in [5, 5.41) is 16.4. The molecular weight excluding hydrogens is 1070 g/mol. The predicted octanol–water partition coefficient (Wildman–Crippen LogP) is 9.05. The second kappa shape index (κ2) is 23.5. The topological polar surface area (TPSA) is 230 Å². The lowest BCUT2D eigenvalue weighted by atomic mass is 9.81. The number of aromatic nitrogens is 2. The lowest BCUT2D eigenvalue weighted by molar-refractivity contribution is -0.131. The molecule has 4 aliphatic heterocycles. The van der Waals surface area contributed by atoms with Crippen LogP contribution in [0.15, 0.2) is 96.1 Å². The number of nitrogens with two attached hydrogens (primary N) is 1. The Labute approximate surface area is 472 Å². The molecule has 13 rings (SSSR count). The van der Waals surface area contributed by atoms with Gasteiger partial charge in [0, 0.05) is 75.8 Å². The molecule has 17 nitrogen and oxygen atoms in total. The minimum Gasteiger partial charge on any atom is -0.478 e. The molecule has 0 radical (unpaired) electrons. The number of carboxylic acids is 1. The minimum absolute atomic E-state index is 0.00649. The number of ether oxygens (including phenoxy) is 2. The van der Waals surface area contributed by atoms with E-state index in [1.165, 1.54) is 49.7 Å². The number of carbonyl (C=O) groups excluding carboxylic acids is 3. The third-order valence-corrected chi connectivity index (χ3v) is 18.9. The maximum Gasteiger partial charge on any atom is 0.335 e. The summed E-state index contributed by atoms with van der Waals surface area (Å²) >= 11 is 0. The van der Waals surface area contributed by atoms with E-state index in [4.69, 9.17) is 14.6 Å². The van der Waals surface area contributed by atoms with E-state index < -0.39 is 31.9 Å². The Morgan fingerprint density at radius 1 is 0.568 bits per heavy atom. The van der Waals surface area contributed by atoms with Crippen molar-refractivity contribution in [3.8, 4) is 22.5 Å². The van der Waals surface area contributed by atoms with Gasteiger partial charge in [-0.3, -0.25) is 14.4 Å². The largest absolute Gasteiger partial charge is 0.478 e. The molecule has 6 heterocycles. The Kier molecular flexibility index (Phi) is 16.3. The van der Waals surface area contributed by atoms with Gasteiger partial charge in [0.1, 0.15) is 0 Å². The van der Waals surface area contributed by atoms with Crippen molar-refractivity contribution in [2.75, 3.05) is 58.9 Å². The Balaban J connectivity index is 0.000000153. The number of aromatic carboxylic acids is 1. The first kappa shape index (κ1) is 56.0. The number of nitrogens with one attached hydrogen (secondary N) is 1. The van der Waals surface area contributed by atoms with E-state index >= 15 is 0 Å². The van der Waals surface area contributed by atoms with E-state index in [0.29, 0.717) is 83.1 Å². The van der Waals surface area contributed by atoms with E-state index in [0.717, 1.165) is 106 Å². The number of primary sulfonamides is 1. The average molecular weight is 1140 g/mol. The number of fused-ring (bicyclic) bond motifs is 10. The number of amides is 3. The van der Waals surface area contributed by atoms with Crippen molar-refractivity contribution in [1.29, 1.82) is 0 Å². The van der Waals surface area contributed by atoms with Crippen LogP contribution in [0.25, 0.3) is 56.5 Å². The molecule has 2 saturated heterocycles. The van der Waals surface area contributed by atoms with Gasteiger partial charge in [0.25, 0.3) is 17.7 Å². The molecule has 4 aromatic carbocycles. The van der Waals surface area contributed by atoms with E-state index in [1.54, 1.807) is 24.3 Å². The zero-order chi connectivity index (χ0) is 56.6. The summed E-state index contributed by atoms with van der Waals surface area (Å²) < 4.78 is 61.3. The van der Waals surface area contributed by atoms with Crippen molar-refractivity contribution in [2.24, 2.45) is 5.14 Å². The fourth-order valence-corrected chi connectivity index (χ4v) is 14.1. The van der Waals surface area contributed by atoms with Gasteiger partial charge in [0.2, 0.25) is 20.0 Å². The average Bonchev–Trinajstić information content (AvgIpc) is 3.80. The molecule has 5 fully saturated rings. The monoisotopic (exact) mass is 1140 g/mol. The standard InChI is InChI=1S/C30H33N3O5S.C29H30N2O4.C3H7NO2S/c1-39(36,37)31-29(34)22-11-12-25-26(18-22)33-19-23(30(35)32-13-15-38-16-14-32)17-21-9-5-6-10-24(21)28(33)27(25)20-7-3-2-4-8-20;32-28(30-12-14-35-15-13-30)22-16-20-8-4-5-9-23(20)27-26(19-6-2-1-3-7-19)24-11-10-21(29(33)34)17-25(24)31(27)18-22;4-7(5,6)3-1-2-3/h5-6,9-12,17-18,20H,2-4,7-8,13-16,19H2,1H3,(H,31,34);4-5,8-11,16-17,19H,1-3,6-7,12-15,18H2,(H,33,34);3H,1-2H2,(H2,4,5,6). The molecule has 81 heavy (non-hydrogen) atoms. The number of hydrogen-bond donors (Lipinski definition) is 3. The summed E-state index contributed by atoms with van der Waals surface area (Å²) in [5.41, 5.74) is 12.7. The third kappa shape index (κ3) is 12.1. The number of benzene rings is 4. The van der Waals surface area contributed by atoms with E-state index in [2.05, 4.69) is 44.2 Å². The first-order valence-corrected chi connectivity index (χ1v) is 32.0. The molecule has 2 aromatic heterocycles. The van der Waals surface area contributed by atoms with Crippen LogP contribution in [-0.2, 0) is 52.2 Å². The summed E-state index contributed by atoms with van der Waals surface area (Å²) in [6.07, 6.45) is 18.3. The molecule has 0 bridgehead atoms. The highest BCUT2D eigenvalue weighted by atomic mass is 32.2. The van der Waals surface area contributed by atoms with Crippen LogP contribution in [0.4, 0.5) is 0 Å². The third-order valence-electron chi connectivity index (χ3n) is 16.9. The Bertz CT molecular complexity index is 3740. The Morgan fingerprint density at radius 3 is 1.38 bits per heavy atom. The fraction of sp³-hybridized carbons (Fsp3) is 0.419. The molecule has 19 heteroatoms. The van der Waals surface area contributed by atoms with Gasteiger partial charge in [-0.25, -0.2) is 31.5 Å². The number of hydrogen-bond acceptors (Lipinski definition) is 10. The van der Waals surface area contributed by atoms with E-state index in [1.807, 2.05) is 52.3 Å². The van der Waals surface area contributed by atoms with Crippen molar-refractivity contribution >= 4 is 77.7 Å². The van der Waals surface area contributed by atoms with Crippen LogP contribution in [0, 0.1) is 0 Å². The fourth-order valence-electron chi connectivity index (χ4n) is 12.9. The van der Waals surface area contributed by atoms with Crippen LogP contribution >= 0.6 is 0 Å². The lowest BCUT2D eigenvalue weighted by Crippen LogP contribution is -2.41. The molecule has 4 N–H and O–H groups in total. The van der Waals surface area contributed by atoms with Crippen LogP contribution in [-0.4, -0.2) is 129 Å². The maximum atomic E-state index is 13.8. The van der Waals surface area contributed by atoms with Crippen LogP contribution < -0.4 is 9.86 Å². The number of sulfonamides is 2. The summed E-state index contributed by atoms with van der Waals surface area (Å²) in [5.74, 6) is -0.765. The van der Waals surface area contributed by atoms with Gasteiger partial charge >= 0.3 is 5.97 Å². The van der Waals surface area contributed by atoms with Crippen molar-refractivity contribution in [1.82, 2.24) is 23.7 Å². The maximum absolute atomic E-state index is 13.8. The molecule has 3 amide bonds. The number of nitrogens with zero attached hydrogens (tertiary/aromatic N) is 4. The predicted molar refractivity (Wildman–Crippen MR) is 313 cm³/mol. The van der Waals surface area contributed by atoms with Gasteiger partial charge < -0.3 is 33.5 Å². The van der Waals surface area contributed by atoms with Gasteiger partial charge in [-0.15, -0.1) is 0 Å². The highest BCUT2D eigenvalue weighted by Gasteiger charge is 2.35. The van der Waals surface area contributed by atoms with Crippen molar-refractivity contribution < 1.29 is 50.6 Å². The van der Waals surface area contributed by atoms with Crippen molar-refractivity contribution in [2.45, 2.75) is 107 Å². The molecule has 0 atom stereocenters. The Hall–Kier alpha value is -6.90. The molecule has 7 aliphatic rings. The smallest absolute Gasteiger partial charge is 0.335 e. The quantitative estimate of drug-likeness (QED) is 0.130. The molecule has 6 aromatic rings. The van der Waals surface area contributed by atoms with Gasteiger partial charge in [-0.1, -0.05) is 99.2 Å². The minimum atomic E-state index is -3.71. The highest BCUT2D eigenvalue weighted by molar-refractivity contribution is 7.90. The second-order valence-corrected chi connectivity index (χ2v) is 26.0. The zero-order valence-corrected chi connectivity index (χ0v) is 47.4. The van der Waals surface area contributed by atoms with Gasteiger partial charge in [0.05, 0.1) is 68.0 Å². The second-order valence-electron chi connectivity index (χ2n) is 22.5. The summed E-state index contributed by atoms with van der Waals surface area (Å²) in [6, 6.07) is 27.4. The van der Waals surface area contributed by atoms with Crippen LogP contribution in [0.5, 0.6) is 0 Å².